The lowest BCUT2D eigenvalue weighted by Gasteiger charge is -2.28. The molecule has 0 radical (unpaired) electrons. The van der Waals surface area contributed by atoms with Crippen LogP contribution in [0.5, 0.6) is 0 Å². The van der Waals surface area contributed by atoms with E-state index in [9.17, 15) is 14.7 Å². The Labute approximate surface area is 189 Å². The van der Waals surface area contributed by atoms with Gasteiger partial charge in [-0.25, -0.2) is 9.48 Å². The zero-order chi connectivity index (χ0) is 22.9. The Morgan fingerprint density at radius 1 is 1.18 bits per heavy atom. The summed E-state index contributed by atoms with van der Waals surface area (Å²) in [6, 6.07) is 12.4. The lowest BCUT2D eigenvalue weighted by atomic mass is 10.0. The Bertz CT molecular complexity index is 1400. The summed E-state index contributed by atoms with van der Waals surface area (Å²) < 4.78 is 7.10. The maximum Gasteiger partial charge on any atom is 0.335 e. The fraction of sp³-hybridized carbons (Fsp3) is 0.250. The summed E-state index contributed by atoms with van der Waals surface area (Å²) in [6.45, 7) is 4.86. The quantitative estimate of drug-likeness (QED) is 0.486. The van der Waals surface area contributed by atoms with Gasteiger partial charge in [0, 0.05) is 30.1 Å². The fourth-order valence-corrected chi connectivity index (χ4v) is 4.21. The summed E-state index contributed by atoms with van der Waals surface area (Å²) in [5, 5.41) is 18.5. The monoisotopic (exact) mass is 445 g/mol. The van der Waals surface area contributed by atoms with Crippen LogP contribution in [0, 0.1) is 6.92 Å². The van der Waals surface area contributed by atoms with Crippen LogP contribution in [-0.2, 0) is 11.3 Å². The SMILES string of the molecule is Cc1c(Cn2cc(-c3cccc4c(=O)cc(N5CCOCC5)[nH]c34)nn2)cccc1C(=O)O. The van der Waals surface area contributed by atoms with E-state index >= 15 is 0 Å². The van der Waals surface area contributed by atoms with E-state index in [0.717, 1.165) is 16.9 Å². The number of hydrogen-bond acceptors (Lipinski definition) is 6. The van der Waals surface area contributed by atoms with Gasteiger partial charge in [-0.15, -0.1) is 5.10 Å². The first-order chi connectivity index (χ1) is 16.0. The molecule has 168 valence electrons. The van der Waals surface area contributed by atoms with Crippen molar-refractivity contribution in [3.8, 4) is 11.3 Å². The van der Waals surface area contributed by atoms with E-state index in [0.29, 0.717) is 55.0 Å². The molecule has 1 fully saturated rings. The Balaban J connectivity index is 1.52. The molecule has 0 atom stereocenters. The number of carbonyl (C=O) groups is 1. The minimum atomic E-state index is -0.954. The number of aromatic nitrogens is 4. The molecule has 0 saturated carbocycles. The number of carboxylic acids is 1. The molecule has 9 heteroatoms. The Hall–Kier alpha value is -3.98. The smallest absolute Gasteiger partial charge is 0.335 e. The predicted molar refractivity (Wildman–Crippen MR) is 124 cm³/mol. The Morgan fingerprint density at radius 3 is 2.76 bits per heavy atom. The predicted octanol–water partition coefficient (Wildman–Crippen LogP) is 2.68. The lowest BCUT2D eigenvalue weighted by Crippen LogP contribution is -2.37. The molecule has 2 aromatic carbocycles. The van der Waals surface area contributed by atoms with Gasteiger partial charge in [-0.3, -0.25) is 4.79 Å². The summed E-state index contributed by atoms with van der Waals surface area (Å²) >= 11 is 0. The van der Waals surface area contributed by atoms with Crippen LogP contribution in [0.3, 0.4) is 0 Å². The second-order valence-electron chi connectivity index (χ2n) is 8.04. The standard InChI is InChI=1S/C24H23N5O4/c1-15-16(4-2-5-17(15)24(31)32)13-29-14-20(26-27-29)18-6-3-7-19-21(30)12-22(25-23(18)19)28-8-10-33-11-9-28/h2-7,12,14H,8-11,13H2,1H3,(H,25,30)(H,31,32). The average Bonchev–Trinajstić information content (AvgIpc) is 3.29. The van der Waals surface area contributed by atoms with Crippen molar-refractivity contribution in [3.05, 3.63) is 75.6 Å². The number of anilines is 1. The molecule has 9 nitrogen and oxygen atoms in total. The minimum Gasteiger partial charge on any atom is -0.478 e. The largest absolute Gasteiger partial charge is 0.478 e. The summed E-state index contributed by atoms with van der Waals surface area (Å²) in [5.41, 5.74) is 3.89. The zero-order valence-electron chi connectivity index (χ0n) is 18.1. The zero-order valence-corrected chi connectivity index (χ0v) is 18.1. The first-order valence-corrected chi connectivity index (χ1v) is 10.7. The van der Waals surface area contributed by atoms with Gasteiger partial charge in [0.1, 0.15) is 11.5 Å². The molecule has 1 aliphatic heterocycles. The molecule has 0 aliphatic carbocycles. The number of aromatic amines is 1. The number of H-pyrrole nitrogens is 1. The Kier molecular flexibility index (Phi) is 5.39. The number of nitrogens with one attached hydrogen (secondary N) is 1. The Morgan fingerprint density at radius 2 is 1.97 bits per heavy atom. The third-order valence-electron chi connectivity index (χ3n) is 6.03. The van der Waals surface area contributed by atoms with Gasteiger partial charge in [0.15, 0.2) is 5.43 Å². The third kappa shape index (κ3) is 3.98. The number of hydrogen-bond donors (Lipinski definition) is 2. The summed E-state index contributed by atoms with van der Waals surface area (Å²) in [4.78, 5) is 29.8. The number of ether oxygens (including phenoxy) is 1. The van der Waals surface area contributed by atoms with Crippen LogP contribution in [-0.4, -0.2) is 57.4 Å². The topological polar surface area (TPSA) is 113 Å². The van der Waals surface area contributed by atoms with Gasteiger partial charge in [-0.05, 0) is 30.2 Å². The summed E-state index contributed by atoms with van der Waals surface area (Å²) in [7, 11) is 0. The molecule has 1 saturated heterocycles. The van der Waals surface area contributed by atoms with Crippen LogP contribution in [0.15, 0.2) is 53.5 Å². The van der Waals surface area contributed by atoms with Gasteiger partial charge < -0.3 is 19.7 Å². The second-order valence-corrected chi connectivity index (χ2v) is 8.04. The molecule has 33 heavy (non-hydrogen) atoms. The highest BCUT2D eigenvalue weighted by molar-refractivity contribution is 5.93. The van der Waals surface area contributed by atoms with Crippen LogP contribution < -0.4 is 10.3 Å². The molecule has 5 rings (SSSR count). The van der Waals surface area contributed by atoms with E-state index in [-0.39, 0.29) is 11.0 Å². The molecular formula is C24H23N5O4. The normalized spacial score (nSPS) is 14.0. The van der Waals surface area contributed by atoms with Crippen molar-refractivity contribution in [2.24, 2.45) is 0 Å². The van der Waals surface area contributed by atoms with Crippen molar-refractivity contribution in [1.82, 2.24) is 20.0 Å². The fourth-order valence-electron chi connectivity index (χ4n) is 4.21. The molecule has 4 aromatic rings. The highest BCUT2D eigenvalue weighted by Gasteiger charge is 2.17. The van der Waals surface area contributed by atoms with E-state index < -0.39 is 5.97 Å². The van der Waals surface area contributed by atoms with Gasteiger partial charge in [0.2, 0.25) is 0 Å². The molecular weight excluding hydrogens is 422 g/mol. The van der Waals surface area contributed by atoms with Crippen LogP contribution in [0.25, 0.3) is 22.2 Å². The van der Waals surface area contributed by atoms with Crippen LogP contribution in [0.1, 0.15) is 21.5 Å². The van der Waals surface area contributed by atoms with Crippen LogP contribution >= 0.6 is 0 Å². The van der Waals surface area contributed by atoms with Crippen molar-refractivity contribution in [2.75, 3.05) is 31.2 Å². The summed E-state index contributed by atoms with van der Waals surface area (Å²) in [5.74, 6) is -0.193. The molecule has 0 amide bonds. The third-order valence-corrected chi connectivity index (χ3v) is 6.03. The minimum absolute atomic E-state index is 0.0550. The van der Waals surface area contributed by atoms with Crippen molar-refractivity contribution in [2.45, 2.75) is 13.5 Å². The first kappa shape index (κ1) is 20.9. The van der Waals surface area contributed by atoms with Crippen LogP contribution in [0.2, 0.25) is 0 Å². The van der Waals surface area contributed by atoms with Gasteiger partial charge in [0.05, 0.1) is 37.0 Å². The number of aromatic carboxylic acids is 1. The van der Waals surface area contributed by atoms with E-state index in [1.807, 2.05) is 18.2 Å². The summed E-state index contributed by atoms with van der Waals surface area (Å²) in [6.07, 6.45) is 1.81. The van der Waals surface area contributed by atoms with E-state index in [1.165, 1.54) is 0 Å². The number of nitrogens with zero attached hydrogens (tertiary/aromatic N) is 4. The molecule has 3 heterocycles. The van der Waals surface area contributed by atoms with Crippen molar-refractivity contribution < 1.29 is 14.6 Å². The maximum atomic E-state index is 12.8. The van der Waals surface area contributed by atoms with E-state index in [1.54, 1.807) is 42.1 Å². The molecule has 0 spiro atoms. The number of benzene rings is 2. The van der Waals surface area contributed by atoms with Crippen molar-refractivity contribution in [3.63, 3.8) is 0 Å². The number of carboxylic acid groups (broad SMARTS) is 1. The maximum absolute atomic E-state index is 12.8. The number of morpholine rings is 1. The molecule has 0 unspecified atom stereocenters. The number of rotatable bonds is 5. The lowest BCUT2D eigenvalue weighted by molar-refractivity contribution is 0.0696. The molecule has 2 N–H and O–H groups in total. The second kappa shape index (κ2) is 8.51. The molecule has 1 aliphatic rings. The van der Waals surface area contributed by atoms with Gasteiger partial charge in [-0.1, -0.05) is 29.5 Å². The highest BCUT2D eigenvalue weighted by atomic mass is 16.5. The number of para-hydroxylation sites is 1. The number of fused-ring (bicyclic) bond motifs is 1. The average molecular weight is 445 g/mol. The van der Waals surface area contributed by atoms with Gasteiger partial charge in [0.25, 0.3) is 0 Å². The van der Waals surface area contributed by atoms with E-state index in [2.05, 4.69) is 20.2 Å². The highest BCUT2D eigenvalue weighted by Crippen LogP contribution is 2.26. The number of pyridine rings is 1. The van der Waals surface area contributed by atoms with Crippen molar-refractivity contribution >= 4 is 22.7 Å². The van der Waals surface area contributed by atoms with Gasteiger partial charge >= 0.3 is 5.97 Å². The first-order valence-electron chi connectivity index (χ1n) is 10.7. The molecule has 0 bridgehead atoms. The van der Waals surface area contributed by atoms with Crippen LogP contribution in [0.4, 0.5) is 5.82 Å². The van der Waals surface area contributed by atoms with E-state index in [4.69, 9.17) is 4.74 Å². The van der Waals surface area contributed by atoms with Crippen molar-refractivity contribution in [1.29, 1.82) is 0 Å². The molecule has 2 aromatic heterocycles. The van der Waals surface area contributed by atoms with Gasteiger partial charge in [-0.2, -0.15) is 0 Å².